The summed E-state index contributed by atoms with van der Waals surface area (Å²) in [4.78, 5) is 21.3. The maximum absolute atomic E-state index is 12.7. The first-order valence-electron chi connectivity index (χ1n) is 8.33. The van der Waals surface area contributed by atoms with Crippen LogP contribution in [0.3, 0.4) is 0 Å². The first-order chi connectivity index (χ1) is 12.8. The van der Waals surface area contributed by atoms with Gasteiger partial charge >= 0.3 is 0 Å². The third-order valence-electron chi connectivity index (χ3n) is 4.04. The molecule has 0 saturated heterocycles. The predicted octanol–water partition coefficient (Wildman–Crippen LogP) is 1.79. The average Bonchev–Trinajstić information content (AvgIpc) is 2.90. The highest BCUT2D eigenvalue weighted by molar-refractivity contribution is 7.90. The van der Waals surface area contributed by atoms with Crippen molar-refractivity contribution in [3.63, 3.8) is 0 Å². The van der Waals surface area contributed by atoms with E-state index in [1.165, 1.54) is 19.4 Å². The first-order valence-corrected chi connectivity index (χ1v) is 9.81. The monoisotopic (exact) mass is 388 g/mol. The van der Waals surface area contributed by atoms with Gasteiger partial charge in [-0.05, 0) is 24.1 Å². The summed E-state index contributed by atoms with van der Waals surface area (Å²) in [6.07, 6.45) is 1.48. The maximum Gasteiger partial charge on any atom is 0.263 e. The number of pyridine rings is 1. The van der Waals surface area contributed by atoms with E-state index < -0.39 is 16.1 Å². The van der Waals surface area contributed by atoms with Gasteiger partial charge < -0.3 is 10.1 Å². The lowest BCUT2D eigenvalue weighted by Crippen LogP contribution is -2.34. The van der Waals surface area contributed by atoms with Crippen molar-refractivity contribution in [2.24, 2.45) is 10.9 Å². The quantitative estimate of drug-likeness (QED) is 0.811. The number of carbonyl (C=O) groups excluding carboxylic acids is 1. The van der Waals surface area contributed by atoms with Crippen molar-refractivity contribution >= 4 is 27.5 Å². The van der Waals surface area contributed by atoms with E-state index in [0.29, 0.717) is 17.1 Å². The van der Waals surface area contributed by atoms with Gasteiger partial charge in [-0.3, -0.25) is 14.5 Å². The number of amides is 1. The van der Waals surface area contributed by atoms with E-state index in [2.05, 4.69) is 20.0 Å². The molecule has 0 unspecified atom stereocenters. The van der Waals surface area contributed by atoms with Gasteiger partial charge in [0.2, 0.25) is 11.8 Å². The molecule has 0 spiro atoms. The summed E-state index contributed by atoms with van der Waals surface area (Å²) in [5, 5.41) is 2.75. The van der Waals surface area contributed by atoms with Gasteiger partial charge in [0, 0.05) is 11.6 Å². The second-order valence-corrected chi connectivity index (χ2v) is 8.00. The van der Waals surface area contributed by atoms with E-state index in [9.17, 15) is 13.2 Å². The summed E-state index contributed by atoms with van der Waals surface area (Å²) in [5.41, 5.74) is 0.959. The van der Waals surface area contributed by atoms with Crippen LogP contribution in [-0.4, -0.2) is 38.3 Å². The van der Waals surface area contributed by atoms with Crippen LogP contribution in [0.15, 0.2) is 52.5 Å². The minimum atomic E-state index is -3.65. The van der Waals surface area contributed by atoms with Crippen LogP contribution in [0.2, 0.25) is 0 Å². The number of nitrogens with zero attached hydrogens (tertiary/aromatic N) is 2. The van der Waals surface area contributed by atoms with Crippen LogP contribution in [-0.2, 0) is 14.8 Å². The molecule has 1 aromatic heterocycles. The molecule has 2 aromatic rings. The highest BCUT2D eigenvalue weighted by Gasteiger charge is 2.32. The van der Waals surface area contributed by atoms with E-state index in [-0.39, 0.29) is 22.6 Å². The van der Waals surface area contributed by atoms with E-state index in [1.54, 1.807) is 30.3 Å². The molecule has 1 amide bonds. The first kappa shape index (κ1) is 18.8. The van der Waals surface area contributed by atoms with Crippen LogP contribution < -0.4 is 14.8 Å². The second kappa shape index (κ2) is 7.36. The zero-order chi connectivity index (χ0) is 19.6. The Morgan fingerprint density at radius 2 is 1.96 bits per heavy atom. The van der Waals surface area contributed by atoms with Crippen molar-refractivity contribution in [1.29, 1.82) is 0 Å². The minimum absolute atomic E-state index is 0.152. The van der Waals surface area contributed by atoms with Crippen LogP contribution in [0.25, 0.3) is 0 Å². The van der Waals surface area contributed by atoms with Gasteiger partial charge in [-0.25, -0.2) is 13.4 Å². The molecule has 0 bridgehead atoms. The summed E-state index contributed by atoms with van der Waals surface area (Å²) in [5.74, 6) is 0.104. The molecule has 8 nitrogen and oxygen atoms in total. The number of ether oxygens (including phenoxy) is 1. The number of carbonyl (C=O) groups is 1. The van der Waals surface area contributed by atoms with Crippen molar-refractivity contribution in [1.82, 2.24) is 9.71 Å². The Hall–Kier alpha value is -2.94. The van der Waals surface area contributed by atoms with E-state index in [1.807, 2.05) is 13.8 Å². The Balaban J connectivity index is 1.88. The Kier molecular flexibility index (Phi) is 5.13. The van der Waals surface area contributed by atoms with E-state index in [4.69, 9.17) is 4.74 Å². The number of amidine groups is 1. The highest BCUT2D eigenvalue weighted by Crippen LogP contribution is 2.24. The third kappa shape index (κ3) is 3.92. The number of aliphatic imine (C=N–C) groups is 1. The molecule has 0 saturated carbocycles. The van der Waals surface area contributed by atoms with Crippen molar-refractivity contribution < 1.29 is 17.9 Å². The van der Waals surface area contributed by atoms with Gasteiger partial charge in [0.25, 0.3) is 10.0 Å². The van der Waals surface area contributed by atoms with E-state index >= 15 is 0 Å². The molecule has 9 heteroatoms. The minimum Gasteiger partial charge on any atom is -0.481 e. The second-order valence-electron chi connectivity index (χ2n) is 6.35. The Morgan fingerprint density at radius 1 is 1.22 bits per heavy atom. The van der Waals surface area contributed by atoms with Crippen LogP contribution in [0, 0.1) is 5.92 Å². The molecule has 3 rings (SSSR count). The Bertz CT molecular complexity index is 985. The molecule has 1 atom stereocenters. The average molecular weight is 388 g/mol. The van der Waals surface area contributed by atoms with Crippen LogP contribution in [0.1, 0.15) is 19.4 Å². The number of aromatic nitrogens is 1. The number of anilines is 1. The normalized spacial score (nSPS) is 17.3. The standard InChI is InChI=1S/C18H20N4O4S/c1-11(2)16(18(23)20-12-8-9-15(26-3)19-10-12)21-17-13-6-4-5-7-14(13)27(24,25)22-17/h4-11,16H,1-3H3,(H,20,23)(H,21,22)/t16-/m1/s1. The van der Waals surface area contributed by atoms with Crippen LogP contribution in [0.4, 0.5) is 5.69 Å². The van der Waals surface area contributed by atoms with Gasteiger partial charge in [0.05, 0.1) is 23.9 Å². The summed E-state index contributed by atoms with van der Waals surface area (Å²) in [6.45, 7) is 3.69. The number of fused-ring (bicyclic) bond motifs is 1. The zero-order valence-corrected chi connectivity index (χ0v) is 15.9. The fraction of sp³-hybridized carbons (Fsp3) is 0.278. The number of hydrogen-bond acceptors (Lipinski definition) is 6. The number of nitrogens with one attached hydrogen (secondary N) is 2. The Labute approximate surface area is 157 Å². The van der Waals surface area contributed by atoms with Gasteiger partial charge in [-0.2, -0.15) is 0 Å². The third-order valence-corrected chi connectivity index (χ3v) is 5.44. The maximum atomic E-state index is 12.7. The molecule has 1 aromatic carbocycles. The molecule has 2 heterocycles. The lowest BCUT2D eigenvalue weighted by atomic mass is 10.0. The molecule has 0 radical (unpaired) electrons. The molecule has 27 heavy (non-hydrogen) atoms. The molecule has 0 aliphatic carbocycles. The van der Waals surface area contributed by atoms with Gasteiger partial charge in [-0.15, -0.1) is 0 Å². The summed E-state index contributed by atoms with van der Waals surface area (Å²) in [7, 11) is -2.15. The highest BCUT2D eigenvalue weighted by atomic mass is 32.2. The lowest BCUT2D eigenvalue weighted by molar-refractivity contribution is -0.118. The number of methoxy groups -OCH3 is 1. The molecule has 0 fully saturated rings. The largest absolute Gasteiger partial charge is 0.481 e. The molecule has 1 aliphatic rings. The SMILES string of the molecule is COc1ccc(NC(=O)[C@H](N=C2NS(=O)(=O)c3ccccc32)C(C)C)cn1. The molecule has 1 aliphatic heterocycles. The molecular formula is C18H20N4O4S. The zero-order valence-electron chi connectivity index (χ0n) is 15.1. The number of rotatable bonds is 5. The summed E-state index contributed by atoms with van der Waals surface area (Å²) >= 11 is 0. The van der Waals surface area contributed by atoms with Gasteiger partial charge in [-0.1, -0.05) is 26.0 Å². The molecule has 2 N–H and O–H groups in total. The number of hydrogen-bond donors (Lipinski definition) is 2. The van der Waals surface area contributed by atoms with Crippen LogP contribution >= 0.6 is 0 Å². The molecule has 142 valence electrons. The number of benzene rings is 1. The van der Waals surface area contributed by atoms with Crippen LogP contribution in [0.5, 0.6) is 5.88 Å². The van der Waals surface area contributed by atoms with Crippen molar-refractivity contribution in [2.75, 3.05) is 12.4 Å². The number of sulfonamides is 1. The summed E-state index contributed by atoms with van der Waals surface area (Å²) < 4.78 is 31.9. The Morgan fingerprint density at radius 3 is 2.59 bits per heavy atom. The predicted molar refractivity (Wildman–Crippen MR) is 101 cm³/mol. The van der Waals surface area contributed by atoms with Crippen molar-refractivity contribution in [2.45, 2.75) is 24.8 Å². The summed E-state index contributed by atoms with van der Waals surface area (Å²) in [6, 6.07) is 9.06. The molecular weight excluding hydrogens is 368 g/mol. The van der Waals surface area contributed by atoms with Gasteiger partial charge in [0.1, 0.15) is 11.9 Å². The van der Waals surface area contributed by atoms with Crippen molar-refractivity contribution in [3.8, 4) is 5.88 Å². The fourth-order valence-electron chi connectivity index (χ4n) is 2.67. The fourth-order valence-corrected chi connectivity index (χ4v) is 3.91. The van der Waals surface area contributed by atoms with Gasteiger partial charge in [0.15, 0.2) is 0 Å². The smallest absolute Gasteiger partial charge is 0.263 e. The lowest BCUT2D eigenvalue weighted by Gasteiger charge is -2.17. The van der Waals surface area contributed by atoms with E-state index in [0.717, 1.165) is 0 Å². The van der Waals surface area contributed by atoms with Crippen molar-refractivity contribution in [3.05, 3.63) is 48.2 Å². The topological polar surface area (TPSA) is 110 Å².